The van der Waals surface area contributed by atoms with E-state index in [2.05, 4.69) is 22.0 Å². The van der Waals surface area contributed by atoms with Crippen molar-refractivity contribution in [3.63, 3.8) is 0 Å². The van der Waals surface area contributed by atoms with Gasteiger partial charge in [-0.15, -0.1) is 0 Å². The van der Waals surface area contributed by atoms with Crippen molar-refractivity contribution in [1.82, 2.24) is 4.90 Å². The number of likely N-dealkylation sites (N-methyl/N-ethyl adjacent to an activating group) is 1. The highest BCUT2D eigenvalue weighted by Crippen LogP contribution is 2.36. The normalized spacial score (nSPS) is 15.6. The lowest BCUT2D eigenvalue weighted by atomic mass is 10.1. The van der Waals surface area contributed by atoms with Crippen LogP contribution in [-0.2, 0) is 11.4 Å². The number of halogens is 1. The molecule has 0 radical (unpaired) electrons. The quantitative estimate of drug-likeness (QED) is 0.308. The molecule has 1 fully saturated rings. The summed E-state index contributed by atoms with van der Waals surface area (Å²) in [7, 11) is 0. The van der Waals surface area contributed by atoms with Gasteiger partial charge in [0, 0.05) is 12.1 Å². The maximum absolute atomic E-state index is 13.1. The van der Waals surface area contributed by atoms with E-state index in [1.54, 1.807) is 11.0 Å². The van der Waals surface area contributed by atoms with Crippen molar-refractivity contribution in [2.24, 2.45) is 4.99 Å². The first-order chi connectivity index (χ1) is 16.9. The Balaban J connectivity index is 1.55. The Morgan fingerprint density at radius 3 is 2.54 bits per heavy atom. The smallest absolute Gasteiger partial charge is 0.266 e. The fourth-order valence-corrected chi connectivity index (χ4v) is 5.29. The van der Waals surface area contributed by atoms with Gasteiger partial charge in [-0.3, -0.25) is 9.69 Å². The zero-order valence-corrected chi connectivity index (χ0v) is 22.1. The molecule has 5 nitrogen and oxygen atoms in total. The number of ether oxygens (including phenoxy) is 1. The maximum atomic E-state index is 13.1. The van der Waals surface area contributed by atoms with E-state index in [1.165, 1.54) is 11.8 Å². The molecule has 4 rings (SSSR count). The fraction of sp³-hybridized carbons (Fsp3) is 0.179. The molecule has 1 saturated heterocycles. The maximum Gasteiger partial charge on any atom is 0.266 e. The van der Waals surface area contributed by atoms with Gasteiger partial charge in [0.2, 0.25) is 0 Å². The van der Waals surface area contributed by atoms with E-state index in [1.807, 2.05) is 81.4 Å². The van der Waals surface area contributed by atoms with Gasteiger partial charge in [0.1, 0.15) is 12.4 Å². The van der Waals surface area contributed by atoms with Gasteiger partial charge in [-0.05, 0) is 89.4 Å². The zero-order valence-electron chi connectivity index (χ0n) is 19.7. The number of amidine groups is 1. The number of carbonyl (C=O) groups excluding carboxylic acids is 1. The Bertz CT molecular complexity index is 1370. The molecular formula is C28H24BrN3O2S. The summed E-state index contributed by atoms with van der Waals surface area (Å²) in [5, 5.41) is 9.96. The number of amides is 1. The second-order valence-electron chi connectivity index (χ2n) is 8.04. The molecule has 176 valence electrons. The number of aryl methyl sites for hydroxylation is 2. The highest BCUT2D eigenvalue weighted by molar-refractivity contribution is 9.10. The van der Waals surface area contributed by atoms with Crippen LogP contribution in [0.1, 0.15) is 34.7 Å². The molecule has 1 heterocycles. The molecule has 1 aliphatic rings. The second kappa shape index (κ2) is 10.9. The van der Waals surface area contributed by atoms with Gasteiger partial charge in [-0.2, -0.15) is 5.26 Å². The van der Waals surface area contributed by atoms with E-state index >= 15 is 0 Å². The average molecular weight is 546 g/mol. The molecule has 3 aromatic carbocycles. The minimum atomic E-state index is -0.0490. The second-order valence-corrected chi connectivity index (χ2v) is 9.91. The molecule has 0 atom stereocenters. The lowest BCUT2D eigenvalue weighted by Gasteiger charge is -2.13. The number of nitrogens with zero attached hydrogens (tertiary/aromatic N) is 3. The highest BCUT2D eigenvalue weighted by atomic mass is 79.9. The van der Waals surface area contributed by atoms with Crippen LogP contribution >= 0.6 is 27.7 Å². The van der Waals surface area contributed by atoms with Crippen LogP contribution in [0.4, 0.5) is 5.69 Å². The lowest BCUT2D eigenvalue weighted by molar-refractivity contribution is -0.122. The predicted molar refractivity (Wildman–Crippen MR) is 146 cm³/mol. The minimum Gasteiger partial charge on any atom is -0.488 e. The third kappa shape index (κ3) is 5.50. The number of para-hydroxylation sites is 1. The number of rotatable bonds is 6. The van der Waals surface area contributed by atoms with Crippen LogP contribution in [0.15, 0.2) is 75.0 Å². The van der Waals surface area contributed by atoms with Crippen LogP contribution in [-0.4, -0.2) is 22.5 Å². The molecule has 0 N–H and O–H groups in total. The number of nitriles is 1. The zero-order chi connectivity index (χ0) is 24.9. The number of aliphatic imine (C=N–C) groups is 1. The standard InChI is InChI=1S/C28H24BrN3O2S/c1-4-32-27(33)25(35-28(32)31-26-18(2)8-7-9-19(26)3)15-20-12-13-24(23(29)14-20)34-17-22-11-6-5-10-21(22)16-30/h5-15H,4,17H2,1-3H3/b25-15+,31-28?. The summed E-state index contributed by atoms with van der Waals surface area (Å²) in [6, 6.07) is 21.3. The van der Waals surface area contributed by atoms with Gasteiger partial charge in [-0.1, -0.05) is 42.5 Å². The number of hydrogen-bond donors (Lipinski definition) is 0. The third-order valence-electron chi connectivity index (χ3n) is 5.63. The summed E-state index contributed by atoms with van der Waals surface area (Å²) in [4.78, 5) is 20.3. The molecule has 35 heavy (non-hydrogen) atoms. The lowest BCUT2D eigenvalue weighted by Crippen LogP contribution is -2.28. The van der Waals surface area contributed by atoms with Crippen molar-refractivity contribution in [3.05, 3.63) is 97.9 Å². The number of hydrogen-bond acceptors (Lipinski definition) is 5. The highest BCUT2D eigenvalue weighted by Gasteiger charge is 2.32. The van der Waals surface area contributed by atoms with Crippen LogP contribution in [0.25, 0.3) is 6.08 Å². The van der Waals surface area contributed by atoms with Gasteiger partial charge >= 0.3 is 0 Å². The first-order valence-corrected chi connectivity index (χ1v) is 12.8. The fourth-order valence-electron chi connectivity index (χ4n) is 3.73. The van der Waals surface area contributed by atoms with E-state index < -0.39 is 0 Å². The molecule has 3 aromatic rings. The molecule has 0 unspecified atom stereocenters. The molecule has 1 amide bonds. The van der Waals surface area contributed by atoms with Gasteiger partial charge in [-0.25, -0.2) is 4.99 Å². The topological polar surface area (TPSA) is 65.7 Å². The van der Waals surface area contributed by atoms with Gasteiger partial charge < -0.3 is 4.74 Å². The van der Waals surface area contributed by atoms with Gasteiger partial charge in [0.15, 0.2) is 5.17 Å². The Kier molecular flexibility index (Phi) is 7.74. The SMILES string of the molecule is CCN1C(=O)/C(=C\c2ccc(OCc3ccccc3C#N)c(Br)c2)SC1=Nc1c(C)cccc1C. The Morgan fingerprint density at radius 1 is 1.11 bits per heavy atom. The molecule has 0 spiro atoms. The summed E-state index contributed by atoms with van der Waals surface area (Å²) in [6.07, 6.45) is 1.88. The van der Waals surface area contributed by atoms with Crippen molar-refractivity contribution in [1.29, 1.82) is 5.26 Å². The minimum absolute atomic E-state index is 0.0490. The predicted octanol–water partition coefficient (Wildman–Crippen LogP) is 7.14. The van der Waals surface area contributed by atoms with Crippen LogP contribution < -0.4 is 4.74 Å². The molecule has 1 aliphatic heterocycles. The van der Waals surface area contributed by atoms with Crippen molar-refractivity contribution < 1.29 is 9.53 Å². The van der Waals surface area contributed by atoms with Gasteiger partial charge in [0.05, 0.1) is 26.7 Å². The van der Waals surface area contributed by atoms with Crippen molar-refractivity contribution in [3.8, 4) is 11.8 Å². The summed E-state index contributed by atoms with van der Waals surface area (Å²) < 4.78 is 6.71. The van der Waals surface area contributed by atoms with E-state index in [0.29, 0.717) is 34.5 Å². The summed E-state index contributed by atoms with van der Waals surface area (Å²) in [5.41, 5.74) is 5.37. The Labute approximate surface area is 218 Å². The summed E-state index contributed by atoms with van der Waals surface area (Å²) in [6.45, 7) is 6.85. The first-order valence-electron chi connectivity index (χ1n) is 11.2. The number of carbonyl (C=O) groups is 1. The van der Waals surface area contributed by atoms with Crippen LogP contribution in [0.5, 0.6) is 5.75 Å². The largest absolute Gasteiger partial charge is 0.488 e. The van der Waals surface area contributed by atoms with Crippen molar-refractivity contribution in [2.75, 3.05) is 6.54 Å². The first kappa shape index (κ1) is 24.8. The Hall–Kier alpha value is -3.34. The van der Waals surface area contributed by atoms with Crippen LogP contribution in [0, 0.1) is 25.2 Å². The van der Waals surface area contributed by atoms with Gasteiger partial charge in [0.25, 0.3) is 5.91 Å². The molecule has 0 saturated carbocycles. The molecular weight excluding hydrogens is 522 g/mol. The van der Waals surface area contributed by atoms with E-state index in [0.717, 1.165) is 32.4 Å². The monoisotopic (exact) mass is 545 g/mol. The molecule has 0 aliphatic carbocycles. The van der Waals surface area contributed by atoms with Crippen LogP contribution in [0.2, 0.25) is 0 Å². The molecule has 0 aromatic heterocycles. The van der Waals surface area contributed by atoms with Crippen molar-refractivity contribution >= 4 is 50.5 Å². The molecule has 0 bridgehead atoms. The summed E-state index contributed by atoms with van der Waals surface area (Å²) in [5.74, 6) is 0.616. The number of benzene rings is 3. The average Bonchev–Trinajstić information content (AvgIpc) is 3.14. The Morgan fingerprint density at radius 2 is 1.86 bits per heavy atom. The van der Waals surface area contributed by atoms with Crippen molar-refractivity contribution in [2.45, 2.75) is 27.4 Å². The van der Waals surface area contributed by atoms with E-state index in [4.69, 9.17) is 9.73 Å². The summed E-state index contributed by atoms with van der Waals surface area (Å²) >= 11 is 4.96. The van der Waals surface area contributed by atoms with E-state index in [9.17, 15) is 10.1 Å². The van der Waals surface area contributed by atoms with Crippen LogP contribution in [0.3, 0.4) is 0 Å². The third-order valence-corrected chi connectivity index (χ3v) is 7.25. The van der Waals surface area contributed by atoms with E-state index in [-0.39, 0.29) is 5.91 Å². The number of thioether (sulfide) groups is 1. The molecule has 7 heteroatoms.